The highest BCUT2D eigenvalue weighted by atomic mass is 16.4. The third kappa shape index (κ3) is 3.71. The van der Waals surface area contributed by atoms with E-state index in [-0.39, 0.29) is 0 Å². The number of ketones is 1. The van der Waals surface area contributed by atoms with Gasteiger partial charge in [-0.1, -0.05) is 6.58 Å². The number of carboxylic acid groups (broad SMARTS) is 3. The Morgan fingerprint density at radius 3 is 1.88 bits per heavy atom. The van der Waals surface area contributed by atoms with Crippen LogP contribution < -0.4 is 0 Å². The molecule has 0 saturated heterocycles. The molecule has 0 heterocycles. The van der Waals surface area contributed by atoms with Crippen LogP contribution in [0.5, 0.6) is 0 Å². The summed E-state index contributed by atoms with van der Waals surface area (Å²) >= 11 is 0. The molecule has 0 aromatic rings. The molecule has 0 rings (SSSR count). The molecule has 0 aliphatic heterocycles. The Labute approximate surface area is 96.4 Å². The van der Waals surface area contributed by atoms with E-state index >= 15 is 0 Å². The van der Waals surface area contributed by atoms with Gasteiger partial charge in [0, 0.05) is 6.42 Å². The van der Waals surface area contributed by atoms with Gasteiger partial charge < -0.3 is 15.3 Å². The molecule has 17 heavy (non-hydrogen) atoms. The minimum atomic E-state index is -2.26. The van der Waals surface area contributed by atoms with Crippen LogP contribution in [0, 0.1) is 5.41 Å². The molecular weight excluding hydrogens is 232 g/mol. The summed E-state index contributed by atoms with van der Waals surface area (Å²) in [4.78, 5) is 43.5. The summed E-state index contributed by atoms with van der Waals surface area (Å²) in [6.07, 6.45) is -1.48. The predicted octanol–water partition coefficient (Wildman–Crippen LogP) is 0.152. The molecule has 1 unspecified atom stereocenters. The molecule has 0 spiro atoms. The molecule has 1 atom stereocenters. The summed E-state index contributed by atoms with van der Waals surface area (Å²) in [7, 11) is 0. The highest BCUT2D eigenvalue weighted by Gasteiger charge is 2.46. The van der Waals surface area contributed by atoms with Crippen LogP contribution in [-0.4, -0.2) is 39.0 Å². The van der Waals surface area contributed by atoms with Crippen LogP contribution in [0.4, 0.5) is 0 Å². The zero-order valence-corrected chi connectivity index (χ0v) is 8.88. The monoisotopic (exact) mass is 244 g/mol. The summed E-state index contributed by atoms with van der Waals surface area (Å²) in [5, 5.41) is 26.0. The van der Waals surface area contributed by atoms with E-state index in [1.54, 1.807) is 0 Å². The first-order chi connectivity index (χ1) is 7.76. The van der Waals surface area contributed by atoms with Crippen LogP contribution in [0.3, 0.4) is 0 Å². The van der Waals surface area contributed by atoms with Crippen molar-refractivity contribution in [3.8, 4) is 0 Å². The van der Waals surface area contributed by atoms with Crippen molar-refractivity contribution in [2.75, 3.05) is 0 Å². The minimum Gasteiger partial charge on any atom is -0.481 e. The smallest absolute Gasteiger partial charge is 0.318 e. The zero-order valence-electron chi connectivity index (χ0n) is 8.88. The lowest BCUT2D eigenvalue weighted by Crippen LogP contribution is -2.41. The van der Waals surface area contributed by atoms with Crippen LogP contribution in [0.1, 0.15) is 19.3 Å². The number of carbonyl (C=O) groups excluding carboxylic acids is 1. The topological polar surface area (TPSA) is 129 Å². The SMILES string of the molecule is C=CC(=O)C(CCC(=O)O)(CC(=O)O)C(=O)O. The molecule has 94 valence electrons. The van der Waals surface area contributed by atoms with Gasteiger partial charge in [0.15, 0.2) is 5.78 Å². The maximum Gasteiger partial charge on any atom is 0.318 e. The van der Waals surface area contributed by atoms with Crippen LogP contribution in [0.2, 0.25) is 0 Å². The lowest BCUT2D eigenvalue weighted by atomic mass is 9.76. The van der Waals surface area contributed by atoms with Crippen molar-refractivity contribution >= 4 is 23.7 Å². The van der Waals surface area contributed by atoms with Gasteiger partial charge in [0.25, 0.3) is 0 Å². The number of allylic oxidation sites excluding steroid dienone is 1. The average molecular weight is 244 g/mol. The number of carbonyl (C=O) groups is 4. The maximum atomic E-state index is 11.5. The fraction of sp³-hybridized carbons (Fsp3) is 0.400. The second-order valence-corrected chi connectivity index (χ2v) is 3.42. The maximum absolute atomic E-state index is 11.5. The molecule has 7 nitrogen and oxygen atoms in total. The van der Waals surface area contributed by atoms with Gasteiger partial charge in [-0.05, 0) is 12.5 Å². The number of carboxylic acids is 3. The molecule has 0 saturated carbocycles. The normalized spacial score (nSPS) is 13.4. The van der Waals surface area contributed by atoms with Gasteiger partial charge in [0.1, 0.15) is 5.41 Å². The lowest BCUT2D eigenvalue weighted by molar-refractivity contribution is -0.160. The molecule has 0 aromatic carbocycles. The quantitative estimate of drug-likeness (QED) is 0.409. The first-order valence-corrected chi connectivity index (χ1v) is 4.60. The second kappa shape index (κ2) is 5.78. The Balaban J connectivity index is 5.30. The molecule has 0 radical (unpaired) electrons. The average Bonchev–Trinajstić information content (AvgIpc) is 2.21. The number of aliphatic carboxylic acids is 3. The van der Waals surface area contributed by atoms with Crippen LogP contribution in [-0.2, 0) is 19.2 Å². The molecule has 0 aromatic heterocycles. The molecule has 0 fully saturated rings. The largest absolute Gasteiger partial charge is 0.481 e. The van der Waals surface area contributed by atoms with E-state index in [0.717, 1.165) is 0 Å². The van der Waals surface area contributed by atoms with Gasteiger partial charge >= 0.3 is 17.9 Å². The van der Waals surface area contributed by atoms with Crippen LogP contribution >= 0.6 is 0 Å². The Morgan fingerprint density at radius 1 is 1.06 bits per heavy atom. The summed E-state index contributed by atoms with van der Waals surface area (Å²) in [5.74, 6) is -5.47. The third-order valence-electron chi connectivity index (χ3n) is 2.29. The van der Waals surface area contributed by atoms with E-state index < -0.39 is 48.4 Å². The van der Waals surface area contributed by atoms with Crippen LogP contribution in [0.15, 0.2) is 12.7 Å². The Bertz CT molecular complexity index is 371. The summed E-state index contributed by atoms with van der Waals surface area (Å²) in [6, 6.07) is 0. The van der Waals surface area contributed by atoms with Crippen molar-refractivity contribution in [3.05, 3.63) is 12.7 Å². The van der Waals surface area contributed by atoms with Crippen LogP contribution in [0.25, 0.3) is 0 Å². The van der Waals surface area contributed by atoms with E-state index in [2.05, 4.69) is 6.58 Å². The lowest BCUT2D eigenvalue weighted by Gasteiger charge is -2.24. The van der Waals surface area contributed by atoms with Gasteiger partial charge in [-0.15, -0.1) is 0 Å². The second-order valence-electron chi connectivity index (χ2n) is 3.42. The molecule has 0 bridgehead atoms. The van der Waals surface area contributed by atoms with Crippen molar-refractivity contribution in [1.29, 1.82) is 0 Å². The van der Waals surface area contributed by atoms with Crippen molar-refractivity contribution < 1.29 is 34.5 Å². The fourth-order valence-electron chi connectivity index (χ4n) is 1.36. The molecule has 7 heteroatoms. The van der Waals surface area contributed by atoms with Crippen molar-refractivity contribution in [3.63, 3.8) is 0 Å². The summed E-state index contributed by atoms with van der Waals surface area (Å²) in [6.45, 7) is 3.09. The number of rotatable bonds is 8. The molecule has 0 aliphatic carbocycles. The van der Waals surface area contributed by atoms with Gasteiger partial charge in [-0.2, -0.15) is 0 Å². The summed E-state index contributed by atoms with van der Waals surface area (Å²) in [5.41, 5.74) is -2.26. The third-order valence-corrected chi connectivity index (χ3v) is 2.29. The Morgan fingerprint density at radius 2 is 1.59 bits per heavy atom. The van der Waals surface area contributed by atoms with Gasteiger partial charge in [-0.3, -0.25) is 19.2 Å². The van der Waals surface area contributed by atoms with Crippen molar-refractivity contribution in [2.45, 2.75) is 19.3 Å². The first-order valence-electron chi connectivity index (χ1n) is 4.60. The standard InChI is InChI=1S/C10H12O7/c1-2-6(11)10(9(16)17,5-8(14)15)4-3-7(12)13/h2H,1,3-5H2,(H,12,13)(H,14,15)(H,16,17). The number of hydrogen-bond acceptors (Lipinski definition) is 4. The Kier molecular flexibility index (Phi) is 5.04. The van der Waals surface area contributed by atoms with E-state index in [1.807, 2.05) is 0 Å². The van der Waals surface area contributed by atoms with E-state index in [1.165, 1.54) is 0 Å². The minimum absolute atomic E-state index is 0.588. The van der Waals surface area contributed by atoms with E-state index in [9.17, 15) is 19.2 Å². The van der Waals surface area contributed by atoms with Crippen molar-refractivity contribution in [2.24, 2.45) is 5.41 Å². The molecule has 0 aliphatic rings. The predicted molar refractivity (Wildman–Crippen MR) is 54.4 cm³/mol. The van der Waals surface area contributed by atoms with E-state index in [0.29, 0.717) is 6.08 Å². The van der Waals surface area contributed by atoms with Gasteiger partial charge in [0.05, 0.1) is 6.42 Å². The summed E-state index contributed by atoms with van der Waals surface area (Å²) < 4.78 is 0. The highest BCUT2D eigenvalue weighted by Crippen LogP contribution is 2.30. The fourth-order valence-corrected chi connectivity index (χ4v) is 1.36. The zero-order chi connectivity index (χ0) is 13.6. The Hall–Kier alpha value is -2.18. The van der Waals surface area contributed by atoms with Gasteiger partial charge in [-0.25, -0.2) is 0 Å². The highest BCUT2D eigenvalue weighted by molar-refractivity contribution is 6.10. The van der Waals surface area contributed by atoms with Gasteiger partial charge in [0.2, 0.25) is 0 Å². The first kappa shape index (κ1) is 14.8. The molecule has 0 amide bonds. The molecular formula is C10H12O7. The van der Waals surface area contributed by atoms with E-state index in [4.69, 9.17) is 15.3 Å². The molecule has 3 N–H and O–H groups in total. The number of hydrogen-bond donors (Lipinski definition) is 3. The van der Waals surface area contributed by atoms with Crippen molar-refractivity contribution in [1.82, 2.24) is 0 Å².